The molecule has 0 radical (unpaired) electrons. The third kappa shape index (κ3) is 9.28. The predicted octanol–water partition coefficient (Wildman–Crippen LogP) is 10.8. The second-order valence-electron chi connectivity index (χ2n) is 13.8. The monoisotopic (exact) mass is 871 g/mol. The third-order valence-corrected chi connectivity index (χ3v) is 12.3. The summed E-state index contributed by atoms with van der Waals surface area (Å²) in [6.07, 6.45) is 9.50. The number of ether oxygens (including phenoxy) is 1. The Kier molecular flexibility index (Phi) is 13.1. The van der Waals surface area contributed by atoms with Crippen LogP contribution in [0.3, 0.4) is 0 Å². The zero-order valence-electron chi connectivity index (χ0n) is 29.8. The van der Waals surface area contributed by atoms with Crippen LogP contribution in [0.5, 0.6) is 5.75 Å². The predicted molar refractivity (Wildman–Crippen MR) is 210 cm³/mol. The normalized spacial score (nSPS) is 12.9. The van der Waals surface area contributed by atoms with Crippen LogP contribution in [0.4, 0.5) is 0 Å². The zero-order valence-corrected chi connectivity index (χ0v) is 32.9. The number of pyridine rings is 1. The first kappa shape index (κ1) is 38.3. The van der Waals surface area contributed by atoms with Gasteiger partial charge in [-0.15, -0.1) is 65.2 Å². The Morgan fingerprint density at radius 2 is 1.18 bits per heavy atom. The van der Waals surface area contributed by atoms with E-state index in [0.717, 1.165) is 55.3 Å². The zero-order chi connectivity index (χ0) is 35.0. The van der Waals surface area contributed by atoms with Gasteiger partial charge < -0.3 is 20.7 Å². The van der Waals surface area contributed by atoms with E-state index in [1.54, 1.807) is 7.11 Å². The van der Waals surface area contributed by atoms with Crippen molar-refractivity contribution >= 4 is 23.1 Å². The molecule has 262 valence electrons. The summed E-state index contributed by atoms with van der Waals surface area (Å²) in [5.74, 6) is 0.744. The van der Waals surface area contributed by atoms with E-state index < -0.39 is 7.14 Å². The Hall–Kier alpha value is -3.98. The molecule has 51 heavy (non-hydrogen) atoms. The van der Waals surface area contributed by atoms with E-state index in [1.807, 2.05) is 91.0 Å². The van der Waals surface area contributed by atoms with Crippen LogP contribution in [-0.2, 0) is 32.4 Å². The number of methoxy groups -OCH3 is 1. The van der Waals surface area contributed by atoms with Crippen molar-refractivity contribution in [2.75, 3.05) is 7.11 Å². The molecule has 0 amide bonds. The first-order chi connectivity index (χ1) is 24.3. The number of hydrogen-bond donors (Lipinski definition) is 0. The summed E-state index contributed by atoms with van der Waals surface area (Å²) in [7, 11) is -1.42. The Morgan fingerprint density at radius 3 is 1.59 bits per heavy atom. The van der Waals surface area contributed by atoms with Crippen LogP contribution in [0.15, 0.2) is 133 Å². The van der Waals surface area contributed by atoms with Gasteiger partial charge in [0.1, 0.15) is 0 Å². The van der Waals surface area contributed by atoms with Crippen molar-refractivity contribution in [1.29, 1.82) is 0 Å². The van der Waals surface area contributed by atoms with Crippen LogP contribution in [0.25, 0.3) is 33.6 Å². The van der Waals surface area contributed by atoms with Gasteiger partial charge in [-0.1, -0.05) is 137 Å². The maximum Gasteiger partial charge on any atom is 3.00 e. The third-order valence-electron chi connectivity index (χ3n) is 9.20. The Balaban J connectivity index is 0.000000654. The molecular weight excluding hydrogens is 826 g/mol. The maximum atomic E-state index is 14.9. The summed E-state index contributed by atoms with van der Waals surface area (Å²) in [5, 5.41) is 2.43. The molecule has 0 aliphatic heterocycles. The summed E-state index contributed by atoms with van der Waals surface area (Å²) >= 11 is 0. The number of rotatable bonds is 7. The van der Waals surface area contributed by atoms with Crippen LogP contribution >= 0.6 is 7.14 Å². The van der Waals surface area contributed by atoms with E-state index in [-0.39, 0.29) is 27.8 Å². The molecule has 0 N–H and O–H groups in total. The molecule has 5 aromatic carbocycles. The molecular formula is C46H45AuNO2P. The fourth-order valence-electron chi connectivity index (χ4n) is 6.21. The molecule has 0 bridgehead atoms. The van der Waals surface area contributed by atoms with Crippen LogP contribution < -0.4 is 20.7 Å². The molecule has 1 aromatic heterocycles. The Labute approximate surface area is 320 Å². The fraction of sp³-hybridized carbons (Fsp3) is 0.217. The van der Waals surface area contributed by atoms with Crippen LogP contribution in [-0.4, -0.2) is 12.1 Å². The summed E-state index contributed by atoms with van der Waals surface area (Å²) in [5.41, 5.74) is 6.68. The second kappa shape index (κ2) is 17.5. The molecule has 0 saturated heterocycles. The van der Waals surface area contributed by atoms with Gasteiger partial charge in [0, 0.05) is 21.7 Å². The molecule has 0 atom stereocenters. The first-order valence-corrected chi connectivity index (χ1v) is 19.2. The van der Waals surface area contributed by atoms with E-state index in [2.05, 4.69) is 81.8 Å². The summed E-state index contributed by atoms with van der Waals surface area (Å²) in [4.78, 5) is 5.04. The first-order valence-electron chi connectivity index (χ1n) is 17.5. The minimum atomic E-state index is -3.06. The minimum Gasteiger partial charge on any atom is -0.540 e. The number of benzene rings is 5. The van der Waals surface area contributed by atoms with Gasteiger partial charge in [-0.2, -0.15) is 12.8 Å². The maximum absolute atomic E-state index is 14.9. The van der Waals surface area contributed by atoms with Gasteiger partial charge in [-0.25, -0.2) is 0 Å². The molecule has 7 rings (SSSR count). The van der Waals surface area contributed by atoms with E-state index in [9.17, 15) is 4.57 Å². The van der Waals surface area contributed by atoms with Crippen molar-refractivity contribution < 1.29 is 31.7 Å². The van der Waals surface area contributed by atoms with Gasteiger partial charge in [-0.3, -0.25) is 0 Å². The number of aromatic nitrogens is 1. The quantitative estimate of drug-likeness (QED) is 0.0911. The van der Waals surface area contributed by atoms with Gasteiger partial charge in [0.15, 0.2) is 7.14 Å². The molecule has 1 aliphatic rings. The van der Waals surface area contributed by atoms with E-state index in [1.165, 1.54) is 37.7 Å². The molecule has 6 aromatic rings. The summed E-state index contributed by atoms with van der Waals surface area (Å²) in [6, 6.07) is 50.6. The van der Waals surface area contributed by atoms with Crippen molar-refractivity contribution in [3.63, 3.8) is 0 Å². The van der Waals surface area contributed by atoms with Crippen molar-refractivity contribution in [2.45, 2.75) is 58.3 Å². The van der Waals surface area contributed by atoms with Crippen molar-refractivity contribution in [2.24, 2.45) is 0 Å². The molecule has 3 nitrogen and oxygen atoms in total. The smallest absolute Gasteiger partial charge is 0.540 e. The average molecular weight is 872 g/mol. The Bertz CT molecular complexity index is 1960. The Morgan fingerprint density at radius 1 is 0.647 bits per heavy atom. The fourth-order valence-corrected chi connectivity index (χ4v) is 8.85. The van der Waals surface area contributed by atoms with Crippen molar-refractivity contribution in [3.8, 4) is 39.4 Å². The molecule has 5 heteroatoms. The van der Waals surface area contributed by atoms with Crippen LogP contribution in [0.2, 0.25) is 0 Å². The van der Waals surface area contributed by atoms with Gasteiger partial charge in [0.2, 0.25) is 0 Å². The molecule has 0 spiro atoms. The van der Waals surface area contributed by atoms with Gasteiger partial charge in [0.25, 0.3) is 0 Å². The molecule has 0 unspecified atom stereocenters. The molecule has 1 fully saturated rings. The van der Waals surface area contributed by atoms with Gasteiger partial charge in [0.05, 0.1) is 7.11 Å². The largest absolute Gasteiger partial charge is 3.00 e. The topological polar surface area (TPSA) is 39.2 Å². The number of hydrogen-bond acceptors (Lipinski definition) is 3. The average Bonchev–Trinajstić information content (AvgIpc) is 3.19. The number of nitrogens with zero attached hydrogens (tertiary/aromatic N) is 1. The standard InChI is InChI=1S/C40H34NO2P.C6H11.Au/c1-40(2,3)33-21-15-30(16-22-33)38-27-32(28-39(41-38)31-17-23-34(43-4)24-18-31)29-19-25-37(26-20-29)44(42,35-11-7-5-8-12-35)36-13-9-6-10-14-36;1-2-4-6-5-3-1;/h5-15,17,19-28H,1-4H3;1H,2-6H2;/q-2;-1;+3. The molecule has 1 aliphatic carbocycles. The van der Waals surface area contributed by atoms with Crippen LogP contribution in [0.1, 0.15) is 58.4 Å². The van der Waals surface area contributed by atoms with E-state index >= 15 is 0 Å². The van der Waals surface area contributed by atoms with Gasteiger partial charge >= 0.3 is 22.4 Å². The summed E-state index contributed by atoms with van der Waals surface area (Å²) < 4.78 is 20.2. The van der Waals surface area contributed by atoms with Crippen molar-refractivity contribution in [3.05, 3.63) is 158 Å². The van der Waals surface area contributed by atoms with E-state index in [4.69, 9.17) is 9.72 Å². The summed E-state index contributed by atoms with van der Waals surface area (Å²) in [6.45, 7) is 6.60. The van der Waals surface area contributed by atoms with Crippen LogP contribution in [0, 0.1) is 18.6 Å². The second-order valence-corrected chi connectivity index (χ2v) is 16.5. The minimum absolute atomic E-state index is 0. The van der Waals surface area contributed by atoms with E-state index in [0.29, 0.717) is 0 Å². The molecule has 1 saturated carbocycles. The molecule has 1 heterocycles. The SMILES string of the molecule is COc1c[c-]c(-c2cc(-c3ccc(P(=O)(c4ccccc4)c4ccccc4)cc3)cc(-c3[c-]cc(C(C)(C)C)cc3)n2)cc1.[Au+3].[CH-]1CCCCC1. The van der Waals surface area contributed by atoms with Crippen molar-refractivity contribution in [1.82, 2.24) is 4.98 Å². The van der Waals surface area contributed by atoms with Gasteiger partial charge in [-0.05, 0) is 27.9 Å².